The van der Waals surface area contributed by atoms with Gasteiger partial charge in [-0.1, -0.05) is 0 Å². The second-order valence-corrected chi connectivity index (χ2v) is 5.52. The van der Waals surface area contributed by atoms with E-state index in [4.69, 9.17) is 10.2 Å². The SMILES string of the molecule is NC(=O)OCCc1nnc(-c2cccnc2Nc2ccc(C(F)(F)F)cc2)o1. The Morgan fingerprint density at radius 2 is 1.93 bits per heavy atom. The van der Waals surface area contributed by atoms with Gasteiger partial charge in [-0.15, -0.1) is 10.2 Å². The summed E-state index contributed by atoms with van der Waals surface area (Å²) >= 11 is 0. The molecule has 1 aromatic carbocycles. The number of anilines is 2. The fourth-order valence-corrected chi connectivity index (χ4v) is 2.26. The first-order valence-corrected chi connectivity index (χ1v) is 7.97. The van der Waals surface area contributed by atoms with Crippen molar-refractivity contribution in [1.29, 1.82) is 0 Å². The number of nitrogens with zero attached hydrogens (tertiary/aromatic N) is 3. The Morgan fingerprint density at radius 3 is 2.61 bits per heavy atom. The molecule has 0 atom stereocenters. The zero-order valence-electron chi connectivity index (χ0n) is 14.2. The Bertz CT molecular complexity index is 957. The highest BCUT2D eigenvalue weighted by Crippen LogP contribution is 2.31. The number of halogens is 3. The molecule has 0 radical (unpaired) electrons. The van der Waals surface area contributed by atoms with Crippen LogP contribution in [0.25, 0.3) is 11.5 Å². The van der Waals surface area contributed by atoms with E-state index in [1.54, 1.807) is 12.1 Å². The lowest BCUT2D eigenvalue weighted by Crippen LogP contribution is -2.14. The van der Waals surface area contributed by atoms with Crippen LogP contribution < -0.4 is 11.1 Å². The van der Waals surface area contributed by atoms with Gasteiger partial charge in [-0.2, -0.15) is 13.2 Å². The molecule has 0 aliphatic heterocycles. The Kier molecular flexibility index (Phi) is 5.43. The number of rotatable bonds is 6. The third-order valence-corrected chi connectivity index (χ3v) is 3.54. The number of nitrogens with one attached hydrogen (secondary N) is 1. The summed E-state index contributed by atoms with van der Waals surface area (Å²) in [5, 5.41) is 10.7. The summed E-state index contributed by atoms with van der Waals surface area (Å²) in [6, 6.07) is 7.83. The third kappa shape index (κ3) is 4.75. The van der Waals surface area contributed by atoms with Gasteiger partial charge in [-0.05, 0) is 36.4 Å². The van der Waals surface area contributed by atoms with Crippen LogP contribution in [0.5, 0.6) is 0 Å². The number of hydrogen-bond donors (Lipinski definition) is 2. The van der Waals surface area contributed by atoms with E-state index in [-0.39, 0.29) is 24.8 Å². The zero-order valence-corrected chi connectivity index (χ0v) is 14.2. The molecule has 0 aliphatic carbocycles. The summed E-state index contributed by atoms with van der Waals surface area (Å²) in [7, 11) is 0. The van der Waals surface area contributed by atoms with Crippen molar-refractivity contribution in [3.8, 4) is 11.5 Å². The molecule has 0 unspecified atom stereocenters. The standard InChI is InChI=1S/C17H14F3N5O3/c18-17(19,20)10-3-5-11(6-4-10)23-14-12(2-1-8-22-14)15-25-24-13(28-15)7-9-27-16(21)26/h1-6,8H,7,9H2,(H2,21,26)(H,22,23). The summed E-state index contributed by atoms with van der Waals surface area (Å²) < 4.78 is 48.1. The quantitative estimate of drug-likeness (QED) is 0.658. The molecule has 0 saturated carbocycles. The average Bonchev–Trinajstić information content (AvgIpc) is 3.10. The normalized spacial score (nSPS) is 11.2. The lowest BCUT2D eigenvalue weighted by atomic mass is 10.2. The molecule has 0 bridgehead atoms. The van der Waals surface area contributed by atoms with Crippen molar-refractivity contribution in [1.82, 2.24) is 15.2 Å². The van der Waals surface area contributed by atoms with Crippen molar-refractivity contribution in [3.63, 3.8) is 0 Å². The van der Waals surface area contributed by atoms with Crippen molar-refractivity contribution in [3.05, 3.63) is 54.0 Å². The number of aromatic nitrogens is 3. The van der Waals surface area contributed by atoms with E-state index in [0.29, 0.717) is 17.1 Å². The largest absolute Gasteiger partial charge is 0.449 e. The summed E-state index contributed by atoms with van der Waals surface area (Å²) in [4.78, 5) is 14.7. The van der Waals surface area contributed by atoms with Crippen LogP contribution in [0.1, 0.15) is 11.5 Å². The number of hydrogen-bond acceptors (Lipinski definition) is 7. The van der Waals surface area contributed by atoms with Gasteiger partial charge >= 0.3 is 12.3 Å². The van der Waals surface area contributed by atoms with E-state index < -0.39 is 17.8 Å². The molecular formula is C17H14F3N5O3. The van der Waals surface area contributed by atoms with Gasteiger partial charge in [0, 0.05) is 11.9 Å². The van der Waals surface area contributed by atoms with Gasteiger partial charge in [0.15, 0.2) is 0 Å². The van der Waals surface area contributed by atoms with E-state index in [9.17, 15) is 18.0 Å². The van der Waals surface area contributed by atoms with Gasteiger partial charge in [0.1, 0.15) is 12.4 Å². The van der Waals surface area contributed by atoms with Gasteiger partial charge in [0.05, 0.1) is 17.5 Å². The fraction of sp³-hybridized carbons (Fsp3) is 0.176. The van der Waals surface area contributed by atoms with Gasteiger partial charge in [0.25, 0.3) is 5.89 Å². The van der Waals surface area contributed by atoms with Gasteiger partial charge < -0.3 is 20.2 Å². The van der Waals surface area contributed by atoms with E-state index >= 15 is 0 Å². The number of benzene rings is 1. The molecule has 0 aliphatic rings. The topological polar surface area (TPSA) is 116 Å². The smallest absolute Gasteiger partial charge is 0.416 e. The third-order valence-electron chi connectivity index (χ3n) is 3.54. The number of carbonyl (C=O) groups excluding carboxylic acids is 1. The summed E-state index contributed by atoms with van der Waals surface area (Å²) in [5.74, 6) is 0.697. The molecule has 0 saturated heterocycles. The maximum absolute atomic E-state index is 12.7. The van der Waals surface area contributed by atoms with Crippen LogP contribution in [0.15, 0.2) is 47.0 Å². The number of pyridine rings is 1. The predicted octanol–water partition coefficient (Wildman–Crippen LogP) is 3.53. The van der Waals surface area contributed by atoms with E-state index in [1.807, 2.05) is 0 Å². The monoisotopic (exact) mass is 393 g/mol. The van der Waals surface area contributed by atoms with Crippen LogP contribution in [0, 0.1) is 0 Å². The molecule has 1 amide bonds. The van der Waals surface area contributed by atoms with Crippen LogP contribution >= 0.6 is 0 Å². The lowest BCUT2D eigenvalue weighted by Gasteiger charge is -2.10. The molecule has 8 nitrogen and oxygen atoms in total. The highest BCUT2D eigenvalue weighted by Gasteiger charge is 2.30. The second-order valence-electron chi connectivity index (χ2n) is 5.52. The van der Waals surface area contributed by atoms with Crippen molar-refractivity contribution >= 4 is 17.6 Å². The van der Waals surface area contributed by atoms with Crippen molar-refractivity contribution in [2.45, 2.75) is 12.6 Å². The highest BCUT2D eigenvalue weighted by atomic mass is 19.4. The Hall–Kier alpha value is -3.63. The molecule has 0 spiro atoms. The molecule has 2 heterocycles. The maximum Gasteiger partial charge on any atom is 0.416 e. The molecular weight excluding hydrogens is 379 g/mol. The van der Waals surface area contributed by atoms with E-state index in [0.717, 1.165) is 12.1 Å². The van der Waals surface area contributed by atoms with Crippen LogP contribution in [-0.4, -0.2) is 27.9 Å². The Labute approximate surface area is 156 Å². The van der Waals surface area contributed by atoms with Crippen molar-refractivity contribution < 1.29 is 27.1 Å². The maximum atomic E-state index is 12.7. The minimum absolute atomic E-state index is 0.0132. The van der Waals surface area contributed by atoms with E-state index in [2.05, 4.69) is 25.2 Å². The number of nitrogens with two attached hydrogens (primary N) is 1. The number of ether oxygens (including phenoxy) is 1. The number of primary amides is 1. The summed E-state index contributed by atoms with van der Waals surface area (Å²) in [5.41, 5.74) is 4.98. The van der Waals surface area contributed by atoms with Gasteiger partial charge in [0.2, 0.25) is 5.89 Å². The van der Waals surface area contributed by atoms with Crippen molar-refractivity contribution in [2.75, 3.05) is 11.9 Å². The van der Waals surface area contributed by atoms with Crippen LogP contribution in [-0.2, 0) is 17.3 Å². The molecule has 3 aromatic rings. The number of amides is 1. The molecule has 11 heteroatoms. The fourth-order valence-electron chi connectivity index (χ4n) is 2.26. The molecule has 3 N–H and O–H groups in total. The zero-order chi connectivity index (χ0) is 20.1. The van der Waals surface area contributed by atoms with Gasteiger partial charge in [-0.25, -0.2) is 9.78 Å². The van der Waals surface area contributed by atoms with Crippen LogP contribution in [0.4, 0.5) is 29.5 Å². The Morgan fingerprint density at radius 1 is 1.18 bits per heavy atom. The molecule has 28 heavy (non-hydrogen) atoms. The number of alkyl halides is 3. The molecule has 3 rings (SSSR count). The second kappa shape index (κ2) is 7.94. The first-order chi connectivity index (χ1) is 13.3. The Balaban J connectivity index is 1.76. The predicted molar refractivity (Wildman–Crippen MR) is 91.5 cm³/mol. The van der Waals surface area contributed by atoms with E-state index in [1.165, 1.54) is 18.3 Å². The number of carbonyl (C=O) groups is 1. The molecule has 2 aromatic heterocycles. The molecule has 146 valence electrons. The summed E-state index contributed by atoms with van der Waals surface area (Å²) in [6.45, 7) is -0.0132. The van der Waals surface area contributed by atoms with Gasteiger partial charge in [-0.3, -0.25) is 0 Å². The minimum Gasteiger partial charge on any atom is -0.449 e. The average molecular weight is 393 g/mol. The first kappa shape index (κ1) is 19.1. The van der Waals surface area contributed by atoms with Crippen LogP contribution in [0.2, 0.25) is 0 Å². The van der Waals surface area contributed by atoms with Crippen LogP contribution in [0.3, 0.4) is 0 Å². The minimum atomic E-state index is -4.41. The molecule has 0 fully saturated rings. The summed E-state index contributed by atoms with van der Waals surface area (Å²) in [6.07, 6.45) is -3.63. The first-order valence-electron chi connectivity index (χ1n) is 7.97. The highest BCUT2D eigenvalue weighted by molar-refractivity contribution is 5.73. The lowest BCUT2D eigenvalue weighted by molar-refractivity contribution is -0.137. The van der Waals surface area contributed by atoms with Crippen molar-refractivity contribution in [2.24, 2.45) is 5.73 Å².